The normalized spacial score (nSPS) is 23.2. The number of sulfonamides is 1. The smallest absolute Gasteiger partial charge is 0.306 e. The van der Waals surface area contributed by atoms with Crippen molar-refractivity contribution in [2.45, 2.75) is 38.1 Å². The van der Waals surface area contributed by atoms with E-state index in [4.69, 9.17) is 5.11 Å². The molecule has 8 heteroatoms. The van der Waals surface area contributed by atoms with Crippen molar-refractivity contribution in [2.75, 3.05) is 12.9 Å². The predicted molar refractivity (Wildman–Crippen MR) is 66.9 cm³/mol. The Morgan fingerprint density at radius 1 is 1.37 bits per heavy atom. The highest BCUT2D eigenvalue weighted by atomic mass is 32.2. The van der Waals surface area contributed by atoms with Crippen molar-refractivity contribution < 1.29 is 27.9 Å². The van der Waals surface area contributed by atoms with Gasteiger partial charge >= 0.3 is 11.9 Å². The van der Waals surface area contributed by atoms with Gasteiger partial charge in [-0.1, -0.05) is 0 Å². The average Bonchev–Trinajstić information content (AvgIpc) is 2.76. The summed E-state index contributed by atoms with van der Waals surface area (Å²) in [5.41, 5.74) is 0. The van der Waals surface area contributed by atoms with Crippen LogP contribution in [0.4, 0.5) is 0 Å². The highest BCUT2D eigenvalue weighted by molar-refractivity contribution is 7.89. The molecule has 0 aromatic heterocycles. The number of esters is 1. The number of carbonyl (C=O) groups excluding carboxylic acids is 1. The minimum atomic E-state index is -3.47. The van der Waals surface area contributed by atoms with Gasteiger partial charge in [0.15, 0.2) is 0 Å². The molecule has 110 valence electrons. The van der Waals surface area contributed by atoms with Crippen molar-refractivity contribution >= 4 is 22.0 Å². The molecule has 2 N–H and O–H groups in total. The van der Waals surface area contributed by atoms with Gasteiger partial charge in [-0.2, -0.15) is 0 Å². The minimum absolute atomic E-state index is 0.0554. The molecule has 0 radical (unpaired) electrons. The van der Waals surface area contributed by atoms with Crippen LogP contribution in [0.3, 0.4) is 0 Å². The SMILES string of the molecule is COC(=O)CCCS(=O)(=O)NC1CCC(C(=O)O)C1. The molecule has 0 amide bonds. The highest BCUT2D eigenvalue weighted by Gasteiger charge is 2.31. The number of methoxy groups -OCH3 is 1. The van der Waals surface area contributed by atoms with Crippen LogP contribution in [0.1, 0.15) is 32.1 Å². The molecule has 0 saturated heterocycles. The Balaban J connectivity index is 2.35. The monoisotopic (exact) mass is 293 g/mol. The summed E-state index contributed by atoms with van der Waals surface area (Å²) in [6.45, 7) is 0. The molecule has 1 aliphatic rings. The second-order valence-corrected chi connectivity index (χ2v) is 6.53. The van der Waals surface area contributed by atoms with E-state index >= 15 is 0 Å². The fraction of sp³-hybridized carbons (Fsp3) is 0.818. The van der Waals surface area contributed by atoms with E-state index in [9.17, 15) is 18.0 Å². The zero-order valence-corrected chi connectivity index (χ0v) is 11.6. The van der Waals surface area contributed by atoms with Crippen LogP contribution in [0.25, 0.3) is 0 Å². The number of ether oxygens (including phenoxy) is 1. The number of rotatable bonds is 7. The Morgan fingerprint density at radius 3 is 2.58 bits per heavy atom. The summed E-state index contributed by atoms with van der Waals surface area (Å²) >= 11 is 0. The molecule has 0 spiro atoms. The molecule has 1 rings (SSSR count). The van der Waals surface area contributed by atoms with Gasteiger partial charge in [0, 0.05) is 12.5 Å². The van der Waals surface area contributed by atoms with Crippen LogP contribution in [0.5, 0.6) is 0 Å². The molecule has 0 aliphatic heterocycles. The molecule has 1 fully saturated rings. The standard InChI is InChI=1S/C11H19NO6S/c1-18-10(13)3-2-6-19(16,17)12-9-5-4-8(7-9)11(14)15/h8-9,12H,2-7H2,1H3,(H,14,15). The molecule has 0 bridgehead atoms. The summed E-state index contributed by atoms with van der Waals surface area (Å²) in [4.78, 5) is 21.6. The van der Waals surface area contributed by atoms with Crippen molar-refractivity contribution in [1.29, 1.82) is 0 Å². The van der Waals surface area contributed by atoms with Crippen molar-refractivity contribution in [3.8, 4) is 0 Å². The predicted octanol–water partition coefficient (Wildman–Crippen LogP) is 0.112. The number of nitrogens with one attached hydrogen (secondary N) is 1. The Labute approximate surface area is 112 Å². The maximum Gasteiger partial charge on any atom is 0.306 e. The van der Waals surface area contributed by atoms with Gasteiger partial charge in [0.25, 0.3) is 0 Å². The molecule has 0 aromatic rings. The summed E-state index contributed by atoms with van der Waals surface area (Å²) in [6, 6.07) is -0.316. The summed E-state index contributed by atoms with van der Waals surface area (Å²) < 4.78 is 30.4. The number of aliphatic carboxylic acids is 1. The van der Waals surface area contributed by atoms with Crippen LogP contribution in [-0.2, 0) is 24.3 Å². The van der Waals surface area contributed by atoms with E-state index in [1.807, 2.05) is 0 Å². The zero-order valence-electron chi connectivity index (χ0n) is 10.8. The largest absolute Gasteiger partial charge is 0.481 e. The molecule has 0 aromatic carbocycles. The fourth-order valence-electron chi connectivity index (χ4n) is 2.13. The summed E-state index contributed by atoms with van der Waals surface area (Å²) in [7, 11) is -2.22. The lowest BCUT2D eigenvalue weighted by Crippen LogP contribution is -2.35. The first-order valence-corrected chi connectivity index (χ1v) is 7.79. The molecule has 2 atom stereocenters. The Hall–Kier alpha value is -1.15. The van der Waals surface area contributed by atoms with E-state index in [2.05, 4.69) is 9.46 Å². The third-order valence-corrected chi connectivity index (χ3v) is 4.67. The Kier molecular flexibility index (Phi) is 5.74. The van der Waals surface area contributed by atoms with Crippen LogP contribution in [0, 0.1) is 5.92 Å². The van der Waals surface area contributed by atoms with Crippen molar-refractivity contribution in [3.63, 3.8) is 0 Å². The van der Waals surface area contributed by atoms with Crippen molar-refractivity contribution in [1.82, 2.24) is 4.72 Å². The van der Waals surface area contributed by atoms with Crippen molar-refractivity contribution in [2.24, 2.45) is 5.92 Å². The van der Waals surface area contributed by atoms with E-state index in [0.717, 1.165) is 0 Å². The van der Waals surface area contributed by atoms with E-state index in [1.165, 1.54) is 7.11 Å². The lowest BCUT2D eigenvalue weighted by atomic mass is 10.1. The topological polar surface area (TPSA) is 110 Å². The van der Waals surface area contributed by atoms with E-state index < -0.39 is 27.9 Å². The lowest BCUT2D eigenvalue weighted by Gasteiger charge is -2.12. The van der Waals surface area contributed by atoms with Gasteiger partial charge in [-0.25, -0.2) is 13.1 Å². The molecule has 1 saturated carbocycles. The Bertz CT molecular complexity index is 432. The first-order valence-electron chi connectivity index (χ1n) is 6.13. The average molecular weight is 293 g/mol. The van der Waals surface area contributed by atoms with Gasteiger partial charge < -0.3 is 9.84 Å². The summed E-state index contributed by atoms with van der Waals surface area (Å²) in [6.07, 6.45) is 1.60. The first kappa shape index (κ1) is 15.9. The van der Waals surface area contributed by atoms with Gasteiger partial charge in [0.05, 0.1) is 18.8 Å². The second kappa shape index (κ2) is 6.85. The van der Waals surface area contributed by atoms with Gasteiger partial charge in [-0.15, -0.1) is 0 Å². The van der Waals surface area contributed by atoms with Gasteiger partial charge in [-0.3, -0.25) is 9.59 Å². The van der Waals surface area contributed by atoms with Gasteiger partial charge in [0.1, 0.15) is 0 Å². The van der Waals surface area contributed by atoms with Crippen LogP contribution in [0.15, 0.2) is 0 Å². The fourth-order valence-corrected chi connectivity index (χ4v) is 3.50. The summed E-state index contributed by atoms with van der Waals surface area (Å²) in [5, 5.41) is 8.83. The maximum absolute atomic E-state index is 11.7. The molecule has 0 heterocycles. The lowest BCUT2D eigenvalue weighted by molar-refractivity contribution is -0.142. The number of hydrogen-bond donors (Lipinski definition) is 2. The van der Waals surface area contributed by atoms with E-state index in [1.54, 1.807) is 0 Å². The third kappa shape index (κ3) is 5.56. The molecule has 19 heavy (non-hydrogen) atoms. The van der Waals surface area contributed by atoms with Crippen LogP contribution >= 0.6 is 0 Å². The number of carboxylic acids is 1. The van der Waals surface area contributed by atoms with Crippen LogP contribution < -0.4 is 4.72 Å². The zero-order chi connectivity index (χ0) is 14.5. The first-order chi connectivity index (χ1) is 8.84. The number of carbonyl (C=O) groups is 2. The highest BCUT2D eigenvalue weighted by Crippen LogP contribution is 2.26. The molecule has 2 unspecified atom stereocenters. The van der Waals surface area contributed by atoms with E-state index in [-0.39, 0.29) is 24.6 Å². The molecular weight excluding hydrogens is 274 g/mol. The third-order valence-electron chi connectivity index (χ3n) is 3.15. The molecule has 1 aliphatic carbocycles. The number of carboxylic acid groups (broad SMARTS) is 1. The summed E-state index contributed by atoms with van der Waals surface area (Å²) in [5.74, 6) is -1.95. The molecular formula is C11H19NO6S. The van der Waals surface area contributed by atoms with E-state index in [0.29, 0.717) is 19.3 Å². The number of hydrogen-bond acceptors (Lipinski definition) is 5. The Morgan fingerprint density at radius 2 is 2.05 bits per heavy atom. The van der Waals surface area contributed by atoms with Crippen LogP contribution in [-0.4, -0.2) is 44.4 Å². The van der Waals surface area contributed by atoms with Gasteiger partial charge in [-0.05, 0) is 25.7 Å². The maximum atomic E-state index is 11.7. The van der Waals surface area contributed by atoms with Crippen LogP contribution in [0.2, 0.25) is 0 Å². The molecule has 7 nitrogen and oxygen atoms in total. The second-order valence-electron chi connectivity index (χ2n) is 4.66. The minimum Gasteiger partial charge on any atom is -0.481 e. The van der Waals surface area contributed by atoms with Gasteiger partial charge in [0.2, 0.25) is 10.0 Å². The quantitative estimate of drug-likeness (QED) is 0.645. The van der Waals surface area contributed by atoms with Crippen molar-refractivity contribution in [3.05, 3.63) is 0 Å².